The van der Waals surface area contributed by atoms with Crippen LogP contribution in [0.5, 0.6) is 0 Å². The van der Waals surface area contributed by atoms with Gasteiger partial charge in [0.15, 0.2) is 0 Å². The first-order valence-corrected chi connectivity index (χ1v) is 10.2. The standard InChI is InChI=1S/C23H31FN4O/c1-16-19(14-18-8-6-7-9-20(18)24)22(26-17(2)25-16)28-12-10-27(11-13-28)21(29)15-23(3,4)5/h6-9H,10-15H2,1-5H3. The Balaban J connectivity index is 1.79. The molecule has 1 aromatic heterocycles. The van der Waals surface area contributed by atoms with Crippen molar-refractivity contribution in [1.29, 1.82) is 0 Å². The van der Waals surface area contributed by atoms with Crippen molar-refractivity contribution in [2.24, 2.45) is 5.41 Å². The van der Waals surface area contributed by atoms with Gasteiger partial charge in [0.1, 0.15) is 17.5 Å². The molecule has 1 aromatic carbocycles. The van der Waals surface area contributed by atoms with Gasteiger partial charge in [-0.2, -0.15) is 0 Å². The summed E-state index contributed by atoms with van der Waals surface area (Å²) in [7, 11) is 0. The highest BCUT2D eigenvalue weighted by atomic mass is 19.1. The Morgan fingerprint density at radius 1 is 1.07 bits per heavy atom. The summed E-state index contributed by atoms with van der Waals surface area (Å²) in [6, 6.07) is 6.84. The Hall–Kier alpha value is -2.50. The third kappa shape index (κ3) is 5.31. The van der Waals surface area contributed by atoms with Crippen LogP contribution >= 0.6 is 0 Å². The minimum atomic E-state index is -0.212. The molecule has 29 heavy (non-hydrogen) atoms. The highest BCUT2D eigenvalue weighted by Gasteiger charge is 2.27. The molecule has 0 bridgehead atoms. The van der Waals surface area contributed by atoms with Crippen LogP contribution in [0.25, 0.3) is 0 Å². The van der Waals surface area contributed by atoms with Crippen molar-refractivity contribution in [2.45, 2.75) is 47.5 Å². The smallest absolute Gasteiger partial charge is 0.223 e. The number of nitrogens with zero attached hydrogens (tertiary/aromatic N) is 4. The summed E-state index contributed by atoms with van der Waals surface area (Å²) >= 11 is 0. The summed E-state index contributed by atoms with van der Waals surface area (Å²) in [5, 5.41) is 0. The number of aromatic nitrogens is 2. The molecule has 1 fully saturated rings. The van der Waals surface area contributed by atoms with Crippen LogP contribution in [0.2, 0.25) is 0 Å². The number of hydrogen-bond donors (Lipinski definition) is 0. The van der Waals surface area contributed by atoms with Crippen molar-refractivity contribution < 1.29 is 9.18 Å². The van der Waals surface area contributed by atoms with Gasteiger partial charge < -0.3 is 9.80 Å². The Morgan fingerprint density at radius 3 is 2.34 bits per heavy atom. The molecule has 1 saturated heterocycles. The normalized spacial score (nSPS) is 15.0. The van der Waals surface area contributed by atoms with Gasteiger partial charge in [0.2, 0.25) is 5.91 Å². The van der Waals surface area contributed by atoms with Crippen molar-refractivity contribution in [2.75, 3.05) is 31.1 Å². The fraction of sp³-hybridized carbons (Fsp3) is 0.522. The molecule has 6 heteroatoms. The number of halogens is 1. The van der Waals surface area contributed by atoms with E-state index in [0.29, 0.717) is 37.3 Å². The number of amides is 1. The molecule has 0 atom stereocenters. The average molecular weight is 399 g/mol. The summed E-state index contributed by atoms with van der Waals surface area (Å²) in [6.07, 6.45) is 1.01. The molecule has 5 nitrogen and oxygen atoms in total. The molecular formula is C23H31FN4O. The van der Waals surface area contributed by atoms with E-state index in [0.717, 1.165) is 30.2 Å². The zero-order valence-electron chi connectivity index (χ0n) is 18.1. The molecule has 1 amide bonds. The quantitative estimate of drug-likeness (QED) is 0.784. The van der Waals surface area contributed by atoms with Gasteiger partial charge in [-0.05, 0) is 30.9 Å². The summed E-state index contributed by atoms with van der Waals surface area (Å²) < 4.78 is 14.2. The topological polar surface area (TPSA) is 49.3 Å². The van der Waals surface area contributed by atoms with E-state index < -0.39 is 0 Å². The van der Waals surface area contributed by atoms with E-state index >= 15 is 0 Å². The molecule has 0 radical (unpaired) electrons. The molecular weight excluding hydrogens is 367 g/mol. The summed E-state index contributed by atoms with van der Waals surface area (Å²) in [5.74, 6) is 1.57. The highest BCUT2D eigenvalue weighted by Crippen LogP contribution is 2.27. The lowest BCUT2D eigenvalue weighted by molar-refractivity contribution is -0.133. The fourth-order valence-corrected chi connectivity index (χ4v) is 3.75. The minimum Gasteiger partial charge on any atom is -0.353 e. The summed E-state index contributed by atoms with van der Waals surface area (Å²) in [4.78, 5) is 25.9. The van der Waals surface area contributed by atoms with Crippen LogP contribution in [-0.4, -0.2) is 47.0 Å². The lowest BCUT2D eigenvalue weighted by Crippen LogP contribution is -2.50. The van der Waals surface area contributed by atoms with Crippen LogP contribution < -0.4 is 4.90 Å². The molecule has 1 aliphatic rings. The molecule has 2 heterocycles. The molecule has 0 aliphatic carbocycles. The Kier molecular flexibility index (Phi) is 6.20. The number of carbonyl (C=O) groups excluding carboxylic acids is 1. The lowest BCUT2D eigenvalue weighted by atomic mass is 9.91. The maximum atomic E-state index is 14.2. The molecule has 2 aromatic rings. The maximum Gasteiger partial charge on any atom is 0.223 e. The third-order valence-corrected chi connectivity index (χ3v) is 5.24. The summed E-state index contributed by atoms with van der Waals surface area (Å²) in [5.41, 5.74) is 2.46. The number of aryl methyl sites for hydroxylation is 2. The van der Waals surface area contributed by atoms with Crippen molar-refractivity contribution >= 4 is 11.7 Å². The first-order valence-electron chi connectivity index (χ1n) is 10.2. The van der Waals surface area contributed by atoms with Gasteiger partial charge >= 0.3 is 0 Å². The Bertz CT molecular complexity index is 883. The van der Waals surface area contributed by atoms with Crippen LogP contribution in [0.1, 0.15) is 49.8 Å². The van der Waals surface area contributed by atoms with E-state index in [4.69, 9.17) is 4.98 Å². The Morgan fingerprint density at radius 2 is 1.72 bits per heavy atom. The third-order valence-electron chi connectivity index (χ3n) is 5.24. The van der Waals surface area contributed by atoms with Crippen LogP contribution in [0.4, 0.5) is 10.2 Å². The van der Waals surface area contributed by atoms with Crippen molar-refractivity contribution in [3.05, 3.63) is 52.7 Å². The zero-order chi connectivity index (χ0) is 21.2. The molecule has 0 N–H and O–H groups in total. The number of carbonyl (C=O) groups is 1. The van der Waals surface area contributed by atoms with Crippen LogP contribution in [-0.2, 0) is 11.2 Å². The SMILES string of the molecule is Cc1nc(C)c(Cc2ccccc2F)c(N2CCN(C(=O)CC(C)(C)C)CC2)n1. The highest BCUT2D eigenvalue weighted by molar-refractivity contribution is 5.77. The average Bonchev–Trinajstić information content (AvgIpc) is 2.64. The van der Waals surface area contributed by atoms with Crippen LogP contribution in [0, 0.1) is 25.1 Å². The van der Waals surface area contributed by atoms with Crippen LogP contribution in [0.3, 0.4) is 0 Å². The van der Waals surface area contributed by atoms with Gasteiger partial charge in [-0.3, -0.25) is 4.79 Å². The first kappa shape index (κ1) is 21.2. The van der Waals surface area contributed by atoms with E-state index in [2.05, 4.69) is 30.7 Å². The van der Waals surface area contributed by atoms with Crippen molar-refractivity contribution in [3.63, 3.8) is 0 Å². The lowest BCUT2D eigenvalue weighted by Gasteiger charge is -2.37. The predicted octanol–water partition coefficient (Wildman–Crippen LogP) is 3.91. The van der Waals surface area contributed by atoms with Crippen molar-refractivity contribution in [3.8, 4) is 0 Å². The number of hydrogen-bond acceptors (Lipinski definition) is 4. The second kappa shape index (κ2) is 8.47. The Labute approximate surface area is 173 Å². The molecule has 0 saturated carbocycles. The van der Waals surface area contributed by atoms with Gasteiger partial charge in [-0.25, -0.2) is 14.4 Å². The number of piperazine rings is 1. The second-order valence-corrected chi connectivity index (χ2v) is 9.03. The van der Waals surface area contributed by atoms with Gasteiger partial charge in [-0.15, -0.1) is 0 Å². The minimum absolute atomic E-state index is 0.0119. The monoisotopic (exact) mass is 398 g/mol. The maximum absolute atomic E-state index is 14.2. The molecule has 3 rings (SSSR count). The number of rotatable bonds is 4. The van der Waals surface area contributed by atoms with E-state index in [1.165, 1.54) is 6.07 Å². The summed E-state index contributed by atoms with van der Waals surface area (Å²) in [6.45, 7) is 12.9. The zero-order valence-corrected chi connectivity index (χ0v) is 18.1. The van der Waals surface area contributed by atoms with E-state index in [1.807, 2.05) is 30.9 Å². The van der Waals surface area contributed by atoms with Crippen molar-refractivity contribution in [1.82, 2.24) is 14.9 Å². The van der Waals surface area contributed by atoms with Gasteiger partial charge in [0, 0.05) is 50.3 Å². The van der Waals surface area contributed by atoms with E-state index in [1.54, 1.807) is 6.07 Å². The first-order chi connectivity index (χ1) is 13.6. The molecule has 156 valence electrons. The predicted molar refractivity (Wildman–Crippen MR) is 114 cm³/mol. The largest absolute Gasteiger partial charge is 0.353 e. The fourth-order valence-electron chi connectivity index (χ4n) is 3.75. The van der Waals surface area contributed by atoms with Crippen LogP contribution in [0.15, 0.2) is 24.3 Å². The van der Waals surface area contributed by atoms with Gasteiger partial charge in [0.25, 0.3) is 0 Å². The number of benzene rings is 1. The van der Waals surface area contributed by atoms with E-state index in [9.17, 15) is 9.18 Å². The molecule has 0 spiro atoms. The van der Waals surface area contributed by atoms with Gasteiger partial charge in [0.05, 0.1) is 0 Å². The molecule has 0 unspecified atom stereocenters. The van der Waals surface area contributed by atoms with Gasteiger partial charge in [-0.1, -0.05) is 39.0 Å². The number of anilines is 1. The second-order valence-electron chi connectivity index (χ2n) is 9.03. The molecule has 1 aliphatic heterocycles. The van der Waals surface area contributed by atoms with E-state index in [-0.39, 0.29) is 17.1 Å².